The van der Waals surface area contributed by atoms with Gasteiger partial charge in [-0.25, -0.2) is 0 Å². The molecular formula is C36H60O6. The van der Waals surface area contributed by atoms with Gasteiger partial charge < -0.3 is 24.8 Å². The molecular weight excluding hydrogens is 528 g/mol. The highest BCUT2D eigenvalue weighted by atomic mass is 16.5. The summed E-state index contributed by atoms with van der Waals surface area (Å²) in [6, 6.07) is 9.57. The van der Waals surface area contributed by atoms with E-state index in [1.807, 2.05) is 0 Å². The van der Waals surface area contributed by atoms with Gasteiger partial charge in [-0.05, 0) is 93.6 Å². The molecule has 3 unspecified atom stereocenters. The van der Waals surface area contributed by atoms with Gasteiger partial charge in [-0.1, -0.05) is 69.2 Å². The lowest BCUT2D eigenvalue weighted by Gasteiger charge is -2.34. The zero-order valence-corrected chi connectivity index (χ0v) is 26.8. The molecule has 0 radical (unpaired) electrons. The Morgan fingerprint density at radius 2 is 1.60 bits per heavy atom. The number of aliphatic hydroxyl groups excluding tert-OH is 3. The molecule has 1 heterocycles. The highest BCUT2D eigenvalue weighted by Crippen LogP contribution is 2.39. The van der Waals surface area contributed by atoms with Crippen LogP contribution >= 0.6 is 0 Å². The topological polar surface area (TPSA) is 96.2 Å². The molecule has 1 aliphatic heterocycles. The second-order valence-electron chi connectivity index (χ2n) is 12.3. The van der Waals surface area contributed by atoms with E-state index in [0.717, 1.165) is 30.4 Å². The molecule has 0 bridgehead atoms. The quantitative estimate of drug-likeness (QED) is 0.0901. The fraction of sp³-hybridized carbons (Fsp3) is 0.694. The lowest BCUT2D eigenvalue weighted by Crippen LogP contribution is -2.36. The molecule has 240 valence electrons. The summed E-state index contributed by atoms with van der Waals surface area (Å²) in [5.41, 5.74) is 4.11. The Balaban J connectivity index is 0.000000682. The first-order valence-corrected chi connectivity index (χ1v) is 16.1. The Labute approximate surface area is 256 Å². The van der Waals surface area contributed by atoms with E-state index in [-0.39, 0.29) is 37.4 Å². The number of hydrogen-bond donors (Lipinski definition) is 3. The van der Waals surface area contributed by atoms with Crippen LogP contribution in [-0.4, -0.2) is 67.9 Å². The minimum absolute atomic E-state index is 0.111. The molecule has 0 spiro atoms. The van der Waals surface area contributed by atoms with Crippen molar-refractivity contribution in [1.29, 1.82) is 0 Å². The van der Waals surface area contributed by atoms with Crippen molar-refractivity contribution in [3.63, 3.8) is 0 Å². The van der Waals surface area contributed by atoms with Gasteiger partial charge in [-0.2, -0.15) is 0 Å². The summed E-state index contributed by atoms with van der Waals surface area (Å²) in [4.78, 5) is 9.48. The van der Waals surface area contributed by atoms with Gasteiger partial charge >= 0.3 is 0 Å². The van der Waals surface area contributed by atoms with Gasteiger partial charge in [0.05, 0.1) is 32.5 Å². The lowest BCUT2D eigenvalue weighted by atomic mass is 9.76. The maximum atomic E-state index is 9.55. The van der Waals surface area contributed by atoms with Crippen molar-refractivity contribution in [1.82, 2.24) is 0 Å². The highest BCUT2D eigenvalue weighted by Gasteiger charge is 2.29. The number of ether oxygens (including phenoxy) is 2. The van der Waals surface area contributed by atoms with E-state index >= 15 is 0 Å². The average Bonchev–Trinajstić information content (AvgIpc) is 3.04. The summed E-state index contributed by atoms with van der Waals surface area (Å²) in [5.74, 6) is 2.51. The number of hydrogen-bond acceptors (Lipinski definition) is 6. The van der Waals surface area contributed by atoms with E-state index in [4.69, 9.17) is 19.7 Å². The van der Waals surface area contributed by atoms with Crippen molar-refractivity contribution in [2.45, 2.75) is 103 Å². The van der Waals surface area contributed by atoms with E-state index < -0.39 is 0 Å². The molecule has 0 aromatic heterocycles. The molecule has 3 atom stereocenters. The number of aldehydes is 1. The van der Waals surface area contributed by atoms with E-state index in [0.29, 0.717) is 18.8 Å². The molecule has 2 fully saturated rings. The molecule has 3 N–H and O–H groups in total. The molecule has 1 aromatic carbocycles. The number of benzene rings is 1. The van der Waals surface area contributed by atoms with E-state index in [1.165, 1.54) is 76.2 Å². The average molecular weight is 589 g/mol. The number of carbonyl (C=O) groups is 1. The maximum Gasteiger partial charge on any atom is 0.147 e. The number of carbonyl (C=O) groups excluding carboxylic acids is 1. The van der Waals surface area contributed by atoms with Crippen molar-refractivity contribution in [3.05, 3.63) is 59.7 Å². The standard InChI is InChI=1S/C28H46O3.C4H6O2.C4H8O/c1-3-4-5-6-22-9-14-25(15-10-22)26-16-11-23(12-17-26)7-8-24-13-18-28(31-20-24)27(19-29)21-30-2;1-4(2-5)3-6;1-4(2)3-5/h9-10,14-15,23-24,26-29H,3-8,11-13,16-21H2,1-2H3;2,6H,1,3H2;5H,1,3H2,2H3. The zero-order valence-electron chi connectivity index (χ0n) is 26.8. The van der Waals surface area contributed by atoms with Crippen LogP contribution in [0.4, 0.5) is 0 Å². The van der Waals surface area contributed by atoms with E-state index in [9.17, 15) is 9.90 Å². The van der Waals surface area contributed by atoms with Crippen LogP contribution < -0.4 is 0 Å². The Kier molecular flexibility index (Phi) is 21.5. The van der Waals surface area contributed by atoms with Crippen LogP contribution in [0.25, 0.3) is 0 Å². The first kappa shape index (κ1) is 38.2. The molecule has 6 heteroatoms. The monoisotopic (exact) mass is 588 g/mol. The molecule has 1 aliphatic carbocycles. The number of aryl methyl sites for hydroxylation is 1. The predicted octanol–water partition coefficient (Wildman–Crippen LogP) is 6.81. The predicted molar refractivity (Wildman–Crippen MR) is 173 cm³/mol. The third-order valence-electron chi connectivity index (χ3n) is 8.54. The normalized spacial score (nSPS) is 22.5. The van der Waals surface area contributed by atoms with Gasteiger partial charge in [0.2, 0.25) is 0 Å². The Morgan fingerprint density at radius 1 is 0.976 bits per heavy atom. The highest BCUT2D eigenvalue weighted by molar-refractivity contribution is 5.72. The summed E-state index contributed by atoms with van der Waals surface area (Å²) in [5, 5.41) is 25.6. The number of rotatable bonds is 15. The van der Waals surface area contributed by atoms with Gasteiger partial charge in [-0.3, -0.25) is 4.79 Å². The van der Waals surface area contributed by atoms with Crippen molar-refractivity contribution < 1.29 is 29.6 Å². The zero-order chi connectivity index (χ0) is 31.2. The molecule has 6 nitrogen and oxygen atoms in total. The van der Waals surface area contributed by atoms with Crippen LogP contribution in [0.1, 0.15) is 102 Å². The summed E-state index contributed by atoms with van der Waals surface area (Å²) in [6.45, 7) is 12.1. The molecule has 1 saturated heterocycles. The minimum atomic E-state index is -0.233. The molecule has 3 rings (SSSR count). The largest absolute Gasteiger partial charge is 0.396 e. The van der Waals surface area contributed by atoms with Crippen molar-refractivity contribution in [2.75, 3.05) is 40.1 Å². The van der Waals surface area contributed by atoms with Crippen LogP contribution in [0, 0.1) is 17.8 Å². The van der Waals surface area contributed by atoms with Crippen LogP contribution in [-0.2, 0) is 20.7 Å². The number of methoxy groups -OCH3 is 1. The number of aliphatic hydroxyl groups is 3. The van der Waals surface area contributed by atoms with Gasteiger partial charge in [0.1, 0.15) is 6.29 Å². The Morgan fingerprint density at radius 3 is 2.05 bits per heavy atom. The molecule has 0 amide bonds. The second-order valence-corrected chi connectivity index (χ2v) is 12.3. The van der Waals surface area contributed by atoms with Crippen molar-refractivity contribution in [2.24, 2.45) is 17.8 Å². The SMILES string of the molecule is C=C(C)CO.C=C(C=O)CO.CCCCCc1ccc(C2CCC(CCC3CCC(C(CO)COC)OC3)CC2)cc1. The Bertz CT molecular complexity index is 835. The van der Waals surface area contributed by atoms with Crippen LogP contribution in [0.2, 0.25) is 0 Å². The fourth-order valence-electron chi connectivity index (χ4n) is 5.75. The van der Waals surface area contributed by atoms with Gasteiger partial charge in [0.15, 0.2) is 0 Å². The summed E-state index contributed by atoms with van der Waals surface area (Å²) in [7, 11) is 1.70. The lowest BCUT2D eigenvalue weighted by molar-refractivity contribution is -0.105. The number of unbranched alkanes of at least 4 members (excludes halogenated alkanes) is 2. The summed E-state index contributed by atoms with van der Waals surface area (Å²) in [6.07, 6.45) is 16.4. The van der Waals surface area contributed by atoms with E-state index in [1.54, 1.807) is 19.6 Å². The third-order valence-corrected chi connectivity index (χ3v) is 8.54. The second kappa shape index (κ2) is 23.6. The van der Waals surface area contributed by atoms with Crippen LogP contribution in [0.3, 0.4) is 0 Å². The minimum Gasteiger partial charge on any atom is -0.396 e. The first-order chi connectivity index (χ1) is 20.3. The van der Waals surface area contributed by atoms with Gasteiger partial charge in [0.25, 0.3) is 0 Å². The summed E-state index contributed by atoms with van der Waals surface area (Å²) >= 11 is 0. The van der Waals surface area contributed by atoms with Gasteiger partial charge in [0, 0.05) is 25.2 Å². The molecule has 1 saturated carbocycles. The Hall–Kier alpha value is -1.83. The van der Waals surface area contributed by atoms with Crippen molar-refractivity contribution in [3.8, 4) is 0 Å². The van der Waals surface area contributed by atoms with Crippen LogP contribution in [0.15, 0.2) is 48.6 Å². The van der Waals surface area contributed by atoms with E-state index in [2.05, 4.69) is 44.3 Å². The van der Waals surface area contributed by atoms with Gasteiger partial charge in [-0.15, -0.1) is 0 Å². The van der Waals surface area contributed by atoms with Crippen molar-refractivity contribution >= 4 is 6.29 Å². The fourth-order valence-corrected chi connectivity index (χ4v) is 5.75. The smallest absolute Gasteiger partial charge is 0.147 e. The maximum absolute atomic E-state index is 9.55. The summed E-state index contributed by atoms with van der Waals surface area (Å²) < 4.78 is 11.3. The molecule has 1 aromatic rings. The molecule has 2 aliphatic rings. The first-order valence-electron chi connectivity index (χ1n) is 16.1. The molecule has 42 heavy (non-hydrogen) atoms. The third kappa shape index (κ3) is 16.1. The van der Waals surface area contributed by atoms with Crippen LogP contribution in [0.5, 0.6) is 0 Å².